The van der Waals surface area contributed by atoms with Crippen LogP contribution in [0.25, 0.3) is 0 Å². The maximum Gasteiger partial charge on any atom is 0.335 e. The minimum Gasteiger partial charge on any atom is -0.478 e. The van der Waals surface area contributed by atoms with Crippen molar-refractivity contribution in [1.82, 2.24) is 4.72 Å². The van der Waals surface area contributed by atoms with E-state index >= 15 is 0 Å². The van der Waals surface area contributed by atoms with Gasteiger partial charge >= 0.3 is 5.97 Å². The van der Waals surface area contributed by atoms with Crippen LogP contribution in [0.4, 0.5) is 0 Å². The van der Waals surface area contributed by atoms with Gasteiger partial charge in [-0.1, -0.05) is 13.0 Å². The summed E-state index contributed by atoms with van der Waals surface area (Å²) in [6.45, 7) is 3.94. The molecule has 0 radical (unpaired) electrons. The quantitative estimate of drug-likeness (QED) is 0.841. The minimum absolute atomic E-state index is 0.0168. The summed E-state index contributed by atoms with van der Waals surface area (Å²) < 4.78 is 27.1. The predicted molar refractivity (Wildman–Crippen MR) is 75.2 cm³/mol. The van der Waals surface area contributed by atoms with E-state index in [1.807, 2.05) is 6.92 Å². The van der Waals surface area contributed by atoms with Gasteiger partial charge in [0, 0.05) is 6.54 Å². The van der Waals surface area contributed by atoms with Gasteiger partial charge in [0.15, 0.2) is 0 Å². The van der Waals surface area contributed by atoms with Crippen molar-refractivity contribution in [1.29, 1.82) is 0 Å². The first-order chi connectivity index (χ1) is 9.33. The largest absolute Gasteiger partial charge is 0.478 e. The second kappa shape index (κ2) is 5.54. The molecule has 6 heteroatoms. The van der Waals surface area contributed by atoms with Crippen LogP contribution in [0.1, 0.15) is 35.7 Å². The van der Waals surface area contributed by atoms with Gasteiger partial charge in [-0.15, -0.1) is 0 Å². The third kappa shape index (κ3) is 3.19. The lowest BCUT2D eigenvalue weighted by Gasteiger charge is -2.14. The standard InChI is InChI=1S/C14H19NO4S/c1-9(11-6-7-11)8-15-20(18,19)13-5-3-4-12(10(13)2)14(16)17/h3-5,9,11,15H,6-8H2,1-2H3,(H,16,17). The molecule has 20 heavy (non-hydrogen) atoms. The summed E-state index contributed by atoms with van der Waals surface area (Å²) in [6, 6.07) is 4.30. The van der Waals surface area contributed by atoms with E-state index in [2.05, 4.69) is 4.72 Å². The van der Waals surface area contributed by atoms with E-state index in [4.69, 9.17) is 5.11 Å². The number of carbonyl (C=O) groups is 1. The normalized spacial score (nSPS) is 16.9. The number of carboxylic acids is 1. The van der Waals surface area contributed by atoms with Crippen molar-refractivity contribution in [3.05, 3.63) is 29.3 Å². The number of benzene rings is 1. The van der Waals surface area contributed by atoms with Crippen molar-refractivity contribution >= 4 is 16.0 Å². The highest BCUT2D eigenvalue weighted by Crippen LogP contribution is 2.36. The van der Waals surface area contributed by atoms with Gasteiger partial charge in [0.25, 0.3) is 0 Å². The Morgan fingerprint density at radius 2 is 2.10 bits per heavy atom. The summed E-state index contributed by atoms with van der Waals surface area (Å²) in [6.07, 6.45) is 2.33. The van der Waals surface area contributed by atoms with Crippen molar-refractivity contribution in [3.63, 3.8) is 0 Å². The Bertz CT molecular complexity index is 620. The van der Waals surface area contributed by atoms with Gasteiger partial charge in [0.05, 0.1) is 10.5 Å². The highest BCUT2D eigenvalue weighted by Gasteiger charge is 2.29. The van der Waals surface area contributed by atoms with Crippen LogP contribution in [-0.2, 0) is 10.0 Å². The first kappa shape index (κ1) is 15.0. The van der Waals surface area contributed by atoms with E-state index in [0.717, 1.165) is 12.8 Å². The highest BCUT2D eigenvalue weighted by molar-refractivity contribution is 7.89. The molecule has 1 saturated carbocycles. The summed E-state index contributed by atoms with van der Waals surface area (Å²) in [5, 5.41) is 9.04. The molecule has 1 aromatic carbocycles. The average molecular weight is 297 g/mol. The fourth-order valence-corrected chi connectivity index (χ4v) is 3.70. The van der Waals surface area contributed by atoms with Crippen LogP contribution >= 0.6 is 0 Å². The van der Waals surface area contributed by atoms with Crippen molar-refractivity contribution in [2.45, 2.75) is 31.6 Å². The number of nitrogens with one attached hydrogen (secondary N) is 1. The third-order valence-corrected chi connectivity index (χ3v) is 5.39. The molecular formula is C14H19NO4S. The van der Waals surface area contributed by atoms with E-state index in [0.29, 0.717) is 18.4 Å². The maximum atomic E-state index is 12.3. The number of hydrogen-bond donors (Lipinski definition) is 2. The number of hydrogen-bond acceptors (Lipinski definition) is 3. The number of aromatic carboxylic acids is 1. The van der Waals surface area contributed by atoms with Gasteiger partial charge in [-0.2, -0.15) is 0 Å². The fraction of sp³-hybridized carbons (Fsp3) is 0.500. The minimum atomic E-state index is -3.66. The van der Waals surface area contributed by atoms with E-state index in [1.54, 1.807) is 0 Å². The lowest BCUT2D eigenvalue weighted by molar-refractivity contribution is 0.0696. The number of carboxylic acid groups (broad SMARTS) is 1. The Labute approximate surface area is 119 Å². The van der Waals surface area contributed by atoms with Crippen molar-refractivity contribution in [2.24, 2.45) is 11.8 Å². The number of rotatable bonds is 6. The maximum absolute atomic E-state index is 12.3. The molecule has 0 amide bonds. The van der Waals surface area contributed by atoms with E-state index in [9.17, 15) is 13.2 Å². The molecule has 1 atom stereocenters. The zero-order chi connectivity index (χ0) is 14.9. The predicted octanol–water partition coefficient (Wildman–Crippen LogP) is 2.02. The van der Waals surface area contributed by atoms with Gasteiger partial charge in [0.2, 0.25) is 10.0 Å². The molecule has 110 valence electrons. The van der Waals surface area contributed by atoms with Gasteiger partial charge in [-0.25, -0.2) is 17.9 Å². The molecule has 0 spiro atoms. The molecule has 0 bridgehead atoms. The molecule has 0 aliphatic heterocycles. The van der Waals surface area contributed by atoms with E-state index in [-0.39, 0.29) is 16.0 Å². The Balaban J connectivity index is 2.20. The van der Waals surface area contributed by atoms with Crippen LogP contribution < -0.4 is 4.72 Å². The molecule has 5 nitrogen and oxygen atoms in total. The smallest absolute Gasteiger partial charge is 0.335 e. The summed E-state index contributed by atoms with van der Waals surface area (Å²) in [5.74, 6) is -0.192. The SMILES string of the molecule is Cc1c(C(=O)O)cccc1S(=O)(=O)NCC(C)C1CC1. The van der Waals surface area contributed by atoms with E-state index < -0.39 is 16.0 Å². The van der Waals surface area contributed by atoms with Crippen LogP contribution in [0.15, 0.2) is 23.1 Å². The van der Waals surface area contributed by atoms with Crippen LogP contribution in [-0.4, -0.2) is 26.0 Å². The van der Waals surface area contributed by atoms with Crippen molar-refractivity contribution < 1.29 is 18.3 Å². The summed E-state index contributed by atoms with van der Waals surface area (Å²) in [5.41, 5.74) is 0.287. The number of sulfonamides is 1. The van der Waals surface area contributed by atoms with Crippen molar-refractivity contribution in [3.8, 4) is 0 Å². The Morgan fingerprint density at radius 1 is 1.45 bits per heavy atom. The molecule has 0 aromatic heterocycles. The van der Waals surface area contributed by atoms with Gasteiger partial charge in [-0.05, 0) is 49.3 Å². The fourth-order valence-electron chi connectivity index (χ4n) is 2.29. The summed E-state index contributed by atoms with van der Waals surface area (Å²) >= 11 is 0. The van der Waals surface area contributed by atoms with Crippen LogP contribution in [0.5, 0.6) is 0 Å². The lowest BCUT2D eigenvalue weighted by atomic mass is 10.1. The second-order valence-corrected chi connectivity index (χ2v) is 7.14. The van der Waals surface area contributed by atoms with Crippen LogP contribution in [0.2, 0.25) is 0 Å². The Morgan fingerprint density at radius 3 is 2.65 bits per heavy atom. The third-order valence-electron chi connectivity index (χ3n) is 3.83. The molecule has 1 aliphatic rings. The van der Waals surface area contributed by atoms with Gasteiger partial charge in [0.1, 0.15) is 0 Å². The van der Waals surface area contributed by atoms with E-state index in [1.165, 1.54) is 25.1 Å². The topological polar surface area (TPSA) is 83.5 Å². The molecule has 2 N–H and O–H groups in total. The van der Waals surface area contributed by atoms with Gasteiger partial charge < -0.3 is 5.11 Å². The molecule has 1 unspecified atom stereocenters. The zero-order valence-electron chi connectivity index (χ0n) is 11.6. The summed E-state index contributed by atoms with van der Waals surface area (Å²) in [4.78, 5) is 11.1. The molecule has 2 rings (SSSR count). The molecular weight excluding hydrogens is 278 g/mol. The lowest BCUT2D eigenvalue weighted by Crippen LogP contribution is -2.30. The van der Waals surface area contributed by atoms with Crippen molar-refractivity contribution in [2.75, 3.05) is 6.54 Å². The highest BCUT2D eigenvalue weighted by atomic mass is 32.2. The molecule has 0 saturated heterocycles. The monoisotopic (exact) mass is 297 g/mol. The summed E-state index contributed by atoms with van der Waals surface area (Å²) in [7, 11) is -3.66. The second-order valence-electron chi connectivity index (χ2n) is 5.40. The Kier molecular flexibility index (Phi) is 4.15. The molecule has 0 heterocycles. The first-order valence-electron chi connectivity index (χ1n) is 6.65. The zero-order valence-corrected chi connectivity index (χ0v) is 12.4. The van der Waals surface area contributed by atoms with Crippen LogP contribution in [0, 0.1) is 18.8 Å². The average Bonchev–Trinajstić information content (AvgIpc) is 3.20. The van der Waals surface area contributed by atoms with Crippen LogP contribution in [0.3, 0.4) is 0 Å². The first-order valence-corrected chi connectivity index (χ1v) is 8.14. The molecule has 1 aromatic rings. The van der Waals surface area contributed by atoms with Gasteiger partial charge in [-0.3, -0.25) is 0 Å². The Hall–Kier alpha value is -1.40. The molecule has 1 fully saturated rings. The molecule has 1 aliphatic carbocycles.